The minimum absolute atomic E-state index is 0.196. The molecule has 2 rings (SSSR count). The lowest BCUT2D eigenvalue weighted by Crippen LogP contribution is -2.28. The lowest BCUT2D eigenvalue weighted by Gasteiger charge is -2.17. The Kier molecular flexibility index (Phi) is 4.25. The maximum atomic E-state index is 5.58. The minimum atomic E-state index is 0.196. The summed E-state index contributed by atoms with van der Waals surface area (Å²) in [5.41, 5.74) is 3.95. The highest BCUT2D eigenvalue weighted by molar-refractivity contribution is 5.08. The van der Waals surface area contributed by atoms with Crippen LogP contribution in [0.15, 0.2) is 18.7 Å². The van der Waals surface area contributed by atoms with Crippen molar-refractivity contribution in [2.75, 3.05) is 0 Å². The van der Waals surface area contributed by atoms with Gasteiger partial charge < -0.3 is 0 Å². The molecular formula is C12H20N4. The first-order valence-corrected chi connectivity index (χ1v) is 6.11. The Labute approximate surface area is 96.6 Å². The Bertz CT molecular complexity index is 295. The lowest BCUT2D eigenvalue weighted by molar-refractivity contribution is 0.415. The maximum absolute atomic E-state index is 5.58. The molecule has 4 nitrogen and oxygen atoms in total. The van der Waals surface area contributed by atoms with E-state index in [1.54, 1.807) is 6.33 Å². The Balaban J connectivity index is 1.85. The highest BCUT2D eigenvalue weighted by atomic mass is 15.2. The molecule has 88 valence electrons. The molecule has 1 saturated carbocycles. The maximum Gasteiger partial charge on any atom is 0.115 e. The zero-order chi connectivity index (χ0) is 11.2. The van der Waals surface area contributed by atoms with E-state index in [2.05, 4.69) is 15.4 Å². The molecule has 3 N–H and O–H groups in total. The standard InChI is InChI=1S/C12H20N4/c13-16-12(11-7-14-9-15-8-11)6-5-10-3-1-2-4-10/h7-10,12,16H,1-6,13H2. The fourth-order valence-corrected chi connectivity index (χ4v) is 2.54. The third kappa shape index (κ3) is 3.00. The molecule has 0 aliphatic heterocycles. The number of nitrogens with two attached hydrogens (primary N) is 1. The summed E-state index contributed by atoms with van der Waals surface area (Å²) in [6, 6.07) is 0.196. The predicted octanol–water partition coefficient (Wildman–Crippen LogP) is 1.95. The van der Waals surface area contributed by atoms with E-state index < -0.39 is 0 Å². The topological polar surface area (TPSA) is 63.8 Å². The molecule has 1 unspecified atom stereocenters. The van der Waals surface area contributed by atoms with Crippen LogP contribution in [0.25, 0.3) is 0 Å². The number of rotatable bonds is 5. The molecule has 0 amide bonds. The quantitative estimate of drug-likeness (QED) is 0.588. The Morgan fingerprint density at radius 1 is 1.31 bits per heavy atom. The normalized spacial score (nSPS) is 18.8. The van der Waals surface area contributed by atoms with Crippen LogP contribution in [0.1, 0.15) is 50.1 Å². The van der Waals surface area contributed by atoms with Crippen LogP contribution in [0.4, 0.5) is 0 Å². The van der Waals surface area contributed by atoms with E-state index in [-0.39, 0.29) is 6.04 Å². The summed E-state index contributed by atoms with van der Waals surface area (Å²) in [5, 5.41) is 0. The first kappa shape index (κ1) is 11.5. The fraction of sp³-hybridized carbons (Fsp3) is 0.667. The van der Waals surface area contributed by atoms with Gasteiger partial charge in [0.15, 0.2) is 0 Å². The summed E-state index contributed by atoms with van der Waals surface area (Å²) >= 11 is 0. The summed E-state index contributed by atoms with van der Waals surface area (Å²) in [6.45, 7) is 0. The molecular weight excluding hydrogens is 200 g/mol. The third-order valence-electron chi connectivity index (χ3n) is 3.52. The smallest absolute Gasteiger partial charge is 0.115 e. The Morgan fingerprint density at radius 2 is 2.00 bits per heavy atom. The van der Waals surface area contributed by atoms with E-state index in [1.165, 1.54) is 32.1 Å². The van der Waals surface area contributed by atoms with Crippen molar-refractivity contribution in [2.45, 2.75) is 44.6 Å². The lowest BCUT2D eigenvalue weighted by atomic mass is 9.96. The summed E-state index contributed by atoms with van der Waals surface area (Å²) < 4.78 is 0. The Hall–Kier alpha value is -1.00. The third-order valence-corrected chi connectivity index (χ3v) is 3.52. The Morgan fingerprint density at radius 3 is 2.62 bits per heavy atom. The molecule has 0 radical (unpaired) electrons. The molecule has 0 bridgehead atoms. The van der Waals surface area contributed by atoms with Gasteiger partial charge in [0.1, 0.15) is 6.33 Å². The van der Waals surface area contributed by atoms with Crippen LogP contribution in [0, 0.1) is 5.92 Å². The monoisotopic (exact) mass is 220 g/mol. The average molecular weight is 220 g/mol. The number of hydrogen-bond acceptors (Lipinski definition) is 4. The molecule has 1 heterocycles. The molecule has 1 aromatic heterocycles. The summed E-state index contributed by atoms with van der Waals surface area (Å²) in [7, 11) is 0. The number of nitrogens with zero attached hydrogens (tertiary/aromatic N) is 2. The van der Waals surface area contributed by atoms with Gasteiger partial charge in [-0.2, -0.15) is 0 Å². The van der Waals surface area contributed by atoms with Gasteiger partial charge in [0.2, 0.25) is 0 Å². The zero-order valence-corrected chi connectivity index (χ0v) is 9.60. The second-order valence-electron chi connectivity index (χ2n) is 4.62. The molecule has 1 atom stereocenters. The fourth-order valence-electron chi connectivity index (χ4n) is 2.54. The van der Waals surface area contributed by atoms with Crippen molar-refractivity contribution in [2.24, 2.45) is 11.8 Å². The highest BCUT2D eigenvalue weighted by Crippen LogP contribution is 2.30. The minimum Gasteiger partial charge on any atom is -0.271 e. The molecule has 0 saturated heterocycles. The van der Waals surface area contributed by atoms with Crippen LogP contribution >= 0.6 is 0 Å². The van der Waals surface area contributed by atoms with Crippen molar-refractivity contribution in [3.05, 3.63) is 24.3 Å². The zero-order valence-electron chi connectivity index (χ0n) is 9.60. The number of nitrogens with one attached hydrogen (secondary N) is 1. The van der Waals surface area contributed by atoms with Gasteiger partial charge in [0.05, 0.1) is 0 Å². The van der Waals surface area contributed by atoms with Crippen molar-refractivity contribution in [1.82, 2.24) is 15.4 Å². The van der Waals surface area contributed by atoms with Gasteiger partial charge in [-0.05, 0) is 18.8 Å². The SMILES string of the molecule is NNC(CCC1CCCC1)c1cncnc1. The molecule has 1 aliphatic rings. The van der Waals surface area contributed by atoms with Gasteiger partial charge in [-0.15, -0.1) is 0 Å². The van der Waals surface area contributed by atoms with Gasteiger partial charge in [-0.1, -0.05) is 25.7 Å². The summed E-state index contributed by atoms with van der Waals surface area (Å²) in [6.07, 6.45) is 13.1. The molecule has 1 fully saturated rings. The highest BCUT2D eigenvalue weighted by Gasteiger charge is 2.17. The molecule has 1 aliphatic carbocycles. The van der Waals surface area contributed by atoms with Crippen LogP contribution in [0.5, 0.6) is 0 Å². The van der Waals surface area contributed by atoms with Crippen LogP contribution in [0.3, 0.4) is 0 Å². The number of hydrazine groups is 1. The van der Waals surface area contributed by atoms with Crippen LogP contribution in [0.2, 0.25) is 0 Å². The van der Waals surface area contributed by atoms with E-state index in [1.807, 2.05) is 12.4 Å². The summed E-state index contributed by atoms with van der Waals surface area (Å²) in [5.74, 6) is 6.49. The van der Waals surface area contributed by atoms with E-state index in [4.69, 9.17) is 5.84 Å². The average Bonchev–Trinajstić information content (AvgIpc) is 2.84. The first-order valence-electron chi connectivity index (χ1n) is 6.11. The van der Waals surface area contributed by atoms with E-state index >= 15 is 0 Å². The second kappa shape index (κ2) is 5.92. The van der Waals surface area contributed by atoms with Gasteiger partial charge in [-0.25, -0.2) is 9.97 Å². The van der Waals surface area contributed by atoms with Gasteiger partial charge >= 0.3 is 0 Å². The van der Waals surface area contributed by atoms with Gasteiger partial charge in [0, 0.05) is 24.0 Å². The van der Waals surface area contributed by atoms with Crippen LogP contribution < -0.4 is 11.3 Å². The molecule has 16 heavy (non-hydrogen) atoms. The van der Waals surface area contributed by atoms with E-state index in [0.29, 0.717) is 0 Å². The predicted molar refractivity (Wildman–Crippen MR) is 63.3 cm³/mol. The summed E-state index contributed by atoms with van der Waals surface area (Å²) in [4.78, 5) is 8.05. The van der Waals surface area contributed by atoms with E-state index in [9.17, 15) is 0 Å². The van der Waals surface area contributed by atoms with Crippen molar-refractivity contribution >= 4 is 0 Å². The van der Waals surface area contributed by atoms with Crippen molar-refractivity contribution in [3.63, 3.8) is 0 Å². The van der Waals surface area contributed by atoms with Gasteiger partial charge in [-0.3, -0.25) is 11.3 Å². The molecule has 0 aromatic carbocycles. The molecule has 4 heteroatoms. The first-order chi connectivity index (χ1) is 7.90. The van der Waals surface area contributed by atoms with E-state index in [0.717, 1.165) is 17.9 Å². The molecule has 0 spiro atoms. The molecule has 1 aromatic rings. The van der Waals surface area contributed by atoms with Gasteiger partial charge in [0.25, 0.3) is 0 Å². The second-order valence-corrected chi connectivity index (χ2v) is 4.62. The van der Waals surface area contributed by atoms with Crippen molar-refractivity contribution < 1.29 is 0 Å². The van der Waals surface area contributed by atoms with Crippen molar-refractivity contribution in [3.8, 4) is 0 Å². The van der Waals surface area contributed by atoms with Crippen molar-refractivity contribution in [1.29, 1.82) is 0 Å². The van der Waals surface area contributed by atoms with Crippen LogP contribution in [-0.4, -0.2) is 9.97 Å². The van der Waals surface area contributed by atoms with Crippen LogP contribution in [-0.2, 0) is 0 Å². The largest absolute Gasteiger partial charge is 0.271 e. The number of aromatic nitrogens is 2. The number of hydrogen-bond donors (Lipinski definition) is 2.